The van der Waals surface area contributed by atoms with Crippen LogP contribution in [-0.2, 0) is 12.8 Å². The van der Waals surface area contributed by atoms with Crippen LogP contribution < -0.4 is 4.90 Å². The fourth-order valence-corrected chi connectivity index (χ4v) is 4.03. The van der Waals surface area contributed by atoms with Gasteiger partial charge in [-0.1, -0.05) is 19.1 Å². The first-order valence-electron chi connectivity index (χ1n) is 9.32. The standard InChI is InChI=1S/C20H22F3N3O/c1-12-6-7-14-16(10-12)24-18(15-4-2-3-5-17(15)27)25-19(14)26-9-8-13(11-26)20(21,22)23/h2-5,12-13,27H,6-11H2,1H3/t12-,13?/m1/s1. The third-order valence-electron chi connectivity index (χ3n) is 5.60. The normalized spacial score (nSPS) is 22.7. The van der Waals surface area contributed by atoms with Crippen molar-refractivity contribution in [3.8, 4) is 17.1 Å². The van der Waals surface area contributed by atoms with Crippen molar-refractivity contribution in [3.63, 3.8) is 0 Å². The molecule has 1 fully saturated rings. The SMILES string of the molecule is C[C@@H]1CCc2c(nc(-c3ccccc3O)nc2N2CCC(C(F)(F)F)C2)C1. The highest BCUT2D eigenvalue weighted by Crippen LogP contribution is 2.39. The summed E-state index contributed by atoms with van der Waals surface area (Å²) in [4.78, 5) is 11.1. The lowest BCUT2D eigenvalue weighted by molar-refractivity contribution is -0.168. The number of benzene rings is 1. The van der Waals surface area contributed by atoms with E-state index >= 15 is 0 Å². The third kappa shape index (κ3) is 3.47. The number of para-hydroxylation sites is 1. The van der Waals surface area contributed by atoms with Crippen LogP contribution in [0.3, 0.4) is 0 Å². The van der Waals surface area contributed by atoms with Gasteiger partial charge in [-0.15, -0.1) is 0 Å². The maximum absolute atomic E-state index is 13.1. The van der Waals surface area contributed by atoms with Gasteiger partial charge in [-0.05, 0) is 43.7 Å². The van der Waals surface area contributed by atoms with Crippen molar-refractivity contribution < 1.29 is 18.3 Å². The molecule has 1 aliphatic carbocycles. The number of phenols is 1. The highest BCUT2D eigenvalue weighted by molar-refractivity contribution is 5.66. The molecule has 0 amide bonds. The second kappa shape index (κ2) is 6.69. The Bertz CT molecular complexity index is 853. The molecule has 2 aromatic rings. The molecule has 0 saturated carbocycles. The molecule has 1 saturated heterocycles. The Morgan fingerprint density at radius 2 is 1.93 bits per heavy atom. The predicted molar refractivity (Wildman–Crippen MR) is 96.7 cm³/mol. The molecule has 27 heavy (non-hydrogen) atoms. The van der Waals surface area contributed by atoms with E-state index in [1.807, 2.05) is 0 Å². The zero-order valence-corrected chi connectivity index (χ0v) is 15.1. The number of aromatic nitrogens is 2. The fourth-order valence-electron chi connectivity index (χ4n) is 4.03. The number of phenolic OH excluding ortho intramolecular Hbond substituents is 1. The molecule has 2 atom stereocenters. The first-order chi connectivity index (χ1) is 12.8. The van der Waals surface area contributed by atoms with Crippen LogP contribution in [0.1, 0.15) is 31.0 Å². The van der Waals surface area contributed by atoms with Crippen LogP contribution in [0.5, 0.6) is 5.75 Å². The van der Waals surface area contributed by atoms with Crippen molar-refractivity contribution in [1.82, 2.24) is 9.97 Å². The monoisotopic (exact) mass is 377 g/mol. The minimum Gasteiger partial charge on any atom is -0.507 e. The van der Waals surface area contributed by atoms with Gasteiger partial charge < -0.3 is 10.0 Å². The Labute approximate surface area is 156 Å². The molecular formula is C20H22F3N3O. The molecule has 144 valence electrons. The summed E-state index contributed by atoms with van der Waals surface area (Å²) in [5.41, 5.74) is 2.37. The zero-order chi connectivity index (χ0) is 19.2. The molecule has 2 heterocycles. The van der Waals surface area contributed by atoms with Gasteiger partial charge in [-0.2, -0.15) is 13.2 Å². The average molecular weight is 377 g/mol. The summed E-state index contributed by atoms with van der Waals surface area (Å²) in [5.74, 6) is 0.211. The smallest absolute Gasteiger partial charge is 0.393 e. The van der Waals surface area contributed by atoms with Crippen molar-refractivity contribution in [2.45, 2.75) is 38.8 Å². The van der Waals surface area contributed by atoms with E-state index in [1.165, 1.54) is 0 Å². The summed E-state index contributed by atoms with van der Waals surface area (Å²) in [6, 6.07) is 6.80. The first-order valence-corrected chi connectivity index (χ1v) is 9.32. The van der Waals surface area contributed by atoms with Crippen molar-refractivity contribution in [3.05, 3.63) is 35.5 Å². The summed E-state index contributed by atoms with van der Waals surface area (Å²) in [5, 5.41) is 10.2. The first kappa shape index (κ1) is 18.1. The van der Waals surface area contributed by atoms with Crippen LogP contribution in [-0.4, -0.2) is 34.3 Å². The molecule has 2 aliphatic rings. The maximum atomic E-state index is 13.1. The van der Waals surface area contributed by atoms with Gasteiger partial charge in [0, 0.05) is 18.7 Å². The van der Waals surface area contributed by atoms with Gasteiger partial charge in [0.25, 0.3) is 0 Å². The lowest BCUT2D eigenvalue weighted by Gasteiger charge is -2.28. The molecule has 0 spiro atoms. The fraction of sp³-hybridized carbons (Fsp3) is 0.500. The van der Waals surface area contributed by atoms with E-state index in [0.29, 0.717) is 29.7 Å². The number of hydrogen-bond acceptors (Lipinski definition) is 4. The van der Waals surface area contributed by atoms with Gasteiger partial charge in [-0.25, -0.2) is 9.97 Å². The summed E-state index contributed by atoms with van der Waals surface area (Å²) >= 11 is 0. The highest BCUT2D eigenvalue weighted by Gasteiger charge is 2.44. The van der Waals surface area contributed by atoms with Crippen molar-refractivity contribution in [2.75, 3.05) is 18.0 Å². The Morgan fingerprint density at radius 3 is 2.63 bits per heavy atom. The number of anilines is 1. The number of aromatic hydroxyl groups is 1. The van der Waals surface area contributed by atoms with E-state index in [1.54, 1.807) is 29.2 Å². The van der Waals surface area contributed by atoms with Crippen LogP contribution in [0.25, 0.3) is 11.4 Å². The number of fused-ring (bicyclic) bond motifs is 1. The molecule has 0 bridgehead atoms. The lowest BCUT2D eigenvalue weighted by atomic mass is 9.88. The van der Waals surface area contributed by atoms with Crippen molar-refractivity contribution >= 4 is 5.82 Å². The van der Waals surface area contributed by atoms with Crippen LogP contribution in [0, 0.1) is 11.8 Å². The quantitative estimate of drug-likeness (QED) is 0.845. The number of rotatable bonds is 2. The van der Waals surface area contributed by atoms with Crippen molar-refractivity contribution in [1.29, 1.82) is 0 Å². The Hall–Kier alpha value is -2.31. The van der Waals surface area contributed by atoms with Gasteiger partial charge in [-0.3, -0.25) is 0 Å². The third-order valence-corrected chi connectivity index (χ3v) is 5.60. The second-order valence-electron chi connectivity index (χ2n) is 7.63. The van der Waals surface area contributed by atoms with Gasteiger partial charge >= 0.3 is 6.18 Å². The van der Waals surface area contributed by atoms with E-state index in [0.717, 1.165) is 30.5 Å². The lowest BCUT2D eigenvalue weighted by Crippen LogP contribution is -2.29. The van der Waals surface area contributed by atoms with Crippen LogP contribution in [0.15, 0.2) is 24.3 Å². The van der Waals surface area contributed by atoms with E-state index in [2.05, 4.69) is 16.9 Å². The average Bonchev–Trinajstić information content (AvgIpc) is 3.11. The number of nitrogens with zero attached hydrogens (tertiary/aromatic N) is 3. The predicted octanol–water partition coefficient (Wildman–Crippen LogP) is 4.36. The summed E-state index contributed by atoms with van der Waals surface area (Å²) in [7, 11) is 0. The Morgan fingerprint density at radius 1 is 1.15 bits per heavy atom. The molecule has 1 aliphatic heterocycles. The molecule has 1 unspecified atom stereocenters. The maximum Gasteiger partial charge on any atom is 0.393 e. The topological polar surface area (TPSA) is 49.3 Å². The minimum absolute atomic E-state index is 0.0667. The van der Waals surface area contributed by atoms with E-state index in [-0.39, 0.29) is 18.7 Å². The minimum atomic E-state index is -4.18. The molecule has 4 nitrogen and oxygen atoms in total. The van der Waals surface area contributed by atoms with Crippen LogP contribution in [0.2, 0.25) is 0 Å². The molecule has 7 heteroatoms. The van der Waals surface area contributed by atoms with Gasteiger partial charge in [0.1, 0.15) is 11.6 Å². The van der Waals surface area contributed by atoms with E-state index in [4.69, 9.17) is 0 Å². The largest absolute Gasteiger partial charge is 0.507 e. The van der Waals surface area contributed by atoms with Gasteiger partial charge in [0.05, 0.1) is 17.2 Å². The van der Waals surface area contributed by atoms with E-state index in [9.17, 15) is 18.3 Å². The van der Waals surface area contributed by atoms with Crippen molar-refractivity contribution in [2.24, 2.45) is 11.8 Å². The molecule has 4 rings (SSSR count). The molecule has 1 aromatic heterocycles. The summed E-state index contributed by atoms with van der Waals surface area (Å²) < 4.78 is 39.4. The zero-order valence-electron chi connectivity index (χ0n) is 15.1. The molecule has 1 N–H and O–H groups in total. The van der Waals surface area contributed by atoms with Gasteiger partial charge in [0.15, 0.2) is 5.82 Å². The number of alkyl halides is 3. The molecular weight excluding hydrogens is 355 g/mol. The highest BCUT2D eigenvalue weighted by atomic mass is 19.4. The van der Waals surface area contributed by atoms with Crippen LogP contribution >= 0.6 is 0 Å². The Kier molecular flexibility index (Phi) is 4.48. The second-order valence-corrected chi connectivity index (χ2v) is 7.63. The van der Waals surface area contributed by atoms with Crippen LogP contribution in [0.4, 0.5) is 19.0 Å². The number of hydrogen-bond donors (Lipinski definition) is 1. The van der Waals surface area contributed by atoms with E-state index < -0.39 is 12.1 Å². The number of halogens is 3. The molecule has 1 aromatic carbocycles. The van der Waals surface area contributed by atoms with Gasteiger partial charge in [0.2, 0.25) is 0 Å². The summed E-state index contributed by atoms with van der Waals surface area (Å²) in [6.45, 7) is 2.42. The molecule has 0 radical (unpaired) electrons. The summed E-state index contributed by atoms with van der Waals surface area (Å²) in [6.07, 6.45) is -1.56. The Balaban J connectivity index is 1.78.